The maximum Gasteiger partial charge on any atom is 0.131 e. The van der Waals surface area contributed by atoms with E-state index in [0.717, 1.165) is 39.4 Å². The Bertz CT molecular complexity index is 436. The Morgan fingerprint density at radius 1 is 1.38 bits per heavy atom. The zero-order chi connectivity index (χ0) is 15.1. The van der Waals surface area contributed by atoms with Crippen molar-refractivity contribution in [2.45, 2.75) is 19.9 Å². The quantitative estimate of drug-likeness (QED) is 0.836. The second-order valence-electron chi connectivity index (χ2n) is 5.27. The number of morpholine rings is 1. The highest BCUT2D eigenvalue weighted by atomic mass is 19.1. The van der Waals surface area contributed by atoms with E-state index in [-0.39, 0.29) is 11.9 Å². The minimum Gasteiger partial charge on any atom is -0.492 e. The van der Waals surface area contributed by atoms with Crippen LogP contribution in [0.15, 0.2) is 18.2 Å². The van der Waals surface area contributed by atoms with E-state index in [2.05, 4.69) is 10.2 Å². The molecule has 0 amide bonds. The fourth-order valence-corrected chi connectivity index (χ4v) is 2.48. The van der Waals surface area contributed by atoms with Gasteiger partial charge in [-0.3, -0.25) is 4.90 Å². The molecule has 1 aromatic carbocycles. The molecule has 0 aliphatic carbocycles. The molecule has 0 saturated carbocycles. The SMILES string of the molecule is CCNC(C)c1ccc(OCCN2CCOCC2)cc1F. The van der Waals surface area contributed by atoms with Crippen molar-refractivity contribution in [1.29, 1.82) is 0 Å². The molecule has 4 nitrogen and oxygen atoms in total. The van der Waals surface area contributed by atoms with Gasteiger partial charge >= 0.3 is 0 Å². The first-order chi connectivity index (χ1) is 10.2. The third kappa shape index (κ3) is 4.95. The monoisotopic (exact) mass is 296 g/mol. The zero-order valence-corrected chi connectivity index (χ0v) is 12.9. The predicted molar refractivity (Wildman–Crippen MR) is 81.2 cm³/mol. The molecule has 0 spiro atoms. The van der Waals surface area contributed by atoms with Gasteiger partial charge in [0.25, 0.3) is 0 Å². The van der Waals surface area contributed by atoms with Crippen LogP contribution in [0, 0.1) is 5.82 Å². The summed E-state index contributed by atoms with van der Waals surface area (Å²) in [7, 11) is 0. The summed E-state index contributed by atoms with van der Waals surface area (Å²) in [5, 5.41) is 3.21. The minimum atomic E-state index is -0.215. The van der Waals surface area contributed by atoms with Crippen LogP contribution in [0.5, 0.6) is 5.75 Å². The molecule has 0 bridgehead atoms. The standard InChI is InChI=1S/C16H25FN2O2/c1-3-18-13(2)15-5-4-14(12-16(15)17)21-11-8-19-6-9-20-10-7-19/h4-5,12-13,18H,3,6-11H2,1-2H3. The number of hydrogen-bond acceptors (Lipinski definition) is 4. The molecule has 0 aromatic heterocycles. The van der Waals surface area contributed by atoms with Crippen molar-refractivity contribution in [3.05, 3.63) is 29.6 Å². The Labute approximate surface area is 126 Å². The molecule has 1 fully saturated rings. The van der Waals surface area contributed by atoms with Crippen LogP contribution in [0.25, 0.3) is 0 Å². The van der Waals surface area contributed by atoms with E-state index in [1.807, 2.05) is 19.9 Å². The van der Waals surface area contributed by atoms with Gasteiger partial charge in [-0.25, -0.2) is 4.39 Å². The first kappa shape index (κ1) is 16.2. The smallest absolute Gasteiger partial charge is 0.131 e. The van der Waals surface area contributed by atoms with Gasteiger partial charge in [-0.1, -0.05) is 13.0 Å². The van der Waals surface area contributed by atoms with E-state index in [1.165, 1.54) is 6.07 Å². The Morgan fingerprint density at radius 2 is 2.14 bits per heavy atom. The normalized spacial score (nSPS) is 17.7. The molecule has 1 aliphatic rings. The van der Waals surface area contributed by atoms with Gasteiger partial charge in [-0.15, -0.1) is 0 Å². The summed E-state index contributed by atoms with van der Waals surface area (Å²) in [6.07, 6.45) is 0. The number of ether oxygens (including phenoxy) is 2. The number of nitrogens with one attached hydrogen (secondary N) is 1. The Morgan fingerprint density at radius 3 is 2.81 bits per heavy atom. The summed E-state index contributed by atoms with van der Waals surface area (Å²) < 4.78 is 25.0. The third-order valence-corrected chi connectivity index (χ3v) is 3.73. The van der Waals surface area contributed by atoms with Gasteiger partial charge in [-0.2, -0.15) is 0 Å². The summed E-state index contributed by atoms with van der Waals surface area (Å²) in [5.74, 6) is 0.375. The van der Waals surface area contributed by atoms with Gasteiger partial charge in [0.15, 0.2) is 0 Å². The molecular weight excluding hydrogens is 271 g/mol. The molecule has 1 unspecified atom stereocenters. The van der Waals surface area contributed by atoms with Crippen molar-refractivity contribution in [2.24, 2.45) is 0 Å². The van der Waals surface area contributed by atoms with Gasteiger partial charge in [-0.05, 0) is 19.5 Å². The maximum absolute atomic E-state index is 14.1. The highest BCUT2D eigenvalue weighted by molar-refractivity contribution is 5.30. The molecule has 1 aliphatic heterocycles. The summed E-state index contributed by atoms with van der Waals surface area (Å²) in [6, 6.07) is 5.12. The highest BCUT2D eigenvalue weighted by Crippen LogP contribution is 2.21. The lowest BCUT2D eigenvalue weighted by Crippen LogP contribution is -2.38. The number of hydrogen-bond donors (Lipinski definition) is 1. The van der Waals surface area contributed by atoms with E-state index in [4.69, 9.17) is 9.47 Å². The molecule has 118 valence electrons. The second-order valence-corrected chi connectivity index (χ2v) is 5.27. The van der Waals surface area contributed by atoms with E-state index in [1.54, 1.807) is 6.07 Å². The van der Waals surface area contributed by atoms with Crippen LogP contribution < -0.4 is 10.1 Å². The first-order valence-corrected chi connectivity index (χ1v) is 7.66. The van der Waals surface area contributed by atoms with Crippen molar-refractivity contribution < 1.29 is 13.9 Å². The minimum absolute atomic E-state index is 0.0115. The van der Waals surface area contributed by atoms with Crippen LogP contribution >= 0.6 is 0 Å². The first-order valence-electron chi connectivity index (χ1n) is 7.66. The fraction of sp³-hybridized carbons (Fsp3) is 0.625. The van der Waals surface area contributed by atoms with E-state index < -0.39 is 0 Å². The second kappa shape index (κ2) is 8.32. The Hall–Kier alpha value is -1.17. The summed E-state index contributed by atoms with van der Waals surface area (Å²) in [5.41, 5.74) is 0.678. The summed E-state index contributed by atoms with van der Waals surface area (Å²) >= 11 is 0. The lowest BCUT2D eigenvalue weighted by Gasteiger charge is -2.26. The molecule has 1 atom stereocenters. The number of benzene rings is 1. The lowest BCUT2D eigenvalue weighted by atomic mass is 10.1. The van der Waals surface area contributed by atoms with Crippen molar-refractivity contribution >= 4 is 0 Å². The molecule has 21 heavy (non-hydrogen) atoms. The molecule has 1 aromatic rings. The molecule has 1 N–H and O–H groups in total. The van der Waals surface area contributed by atoms with Gasteiger partial charge in [0.2, 0.25) is 0 Å². The third-order valence-electron chi connectivity index (χ3n) is 3.73. The maximum atomic E-state index is 14.1. The highest BCUT2D eigenvalue weighted by Gasteiger charge is 2.12. The van der Waals surface area contributed by atoms with Gasteiger partial charge in [0.05, 0.1) is 13.2 Å². The number of halogens is 1. The molecular formula is C16H25FN2O2. The molecule has 1 heterocycles. The van der Waals surface area contributed by atoms with E-state index in [0.29, 0.717) is 17.9 Å². The average molecular weight is 296 g/mol. The number of nitrogens with zero attached hydrogens (tertiary/aromatic N) is 1. The Balaban J connectivity index is 1.82. The summed E-state index contributed by atoms with van der Waals surface area (Å²) in [6.45, 7) is 9.66. The average Bonchev–Trinajstić information content (AvgIpc) is 2.48. The zero-order valence-electron chi connectivity index (χ0n) is 12.9. The van der Waals surface area contributed by atoms with Crippen molar-refractivity contribution in [3.8, 4) is 5.75 Å². The van der Waals surface area contributed by atoms with Gasteiger partial charge < -0.3 is 14.8 Å². The van der Waals surface area contributed by atoms with Gasteiger partial charge in [0, 0.05) is 37.3 Å². The van der Waals surface area contributed by atoms with Crippen LogP contribution in [0.2, 0.25) is 0 Å². The Kier molecular flexibility index (Phi) is 6.42. The van der Waals surface area contributed by atoms with Crippen LogP contribution in [0.4, 0.5) is 4.39 Å². The largest absolute Gasteiger partial charge is 0.492 e. The summed E-state index contributed by atoms with van der Waals surface area (Å²) in [4.78, 5) is 2.29. The molecule has 0 radical (unpaired) electrons. The predicted octanol–water partition coefficient (Wildman–Crippen LogP) is 2.21. The molecule has 5 heteroatoms. The van der Waals surface area contributed by atoms with Crippen LogP contribution in [0.1, 0.15) is 25.5 Å². The fourth-order valence-electron chi connectivity index (χ4n) is 2.48. The lowest BCUT2D eigenvalue weighted by molar-refractivity contribution is 0.0322. The molecule has 1 saturated heterocycles. The van der Waals surface area contributed by atoms with Crippen LogP contribution in [0.3, 0.4) is 0 Å². The van der Waals surface area contributed by atoms with Gasteiger partial charge in [0.1, 0.15) is 18.2 Å². The topological polar surface area (TPSA) is 33.7 Å². The van der Waals surface area contributed by atoms with E-state index in [9.17, 15) is 4.39 Å². The van der Waals surface area contributed by atoms with Crippen molar-refractivity contribution in [1.82, 2.24) is 10.2 Å². The van der Waals surface area contributed by atoms with Crippen molar-refractivity contribution in [3.63, 3.8) is 0 Å². The number of rotatable bonds is 7. The van der Waals surface area contributed by atoms with Crippen LogP contribution in [-0.4, -0.2) is 50.9 Å². The van der Waals surface area contributed by atoms with E-state index >= 15 is 0 Å². The van der Waals surface area contributed by atoms with Crippen LogP contribution in [-0.2, 0) is 4.74 Å². The van der Waals surface area contributed by atoms with Crippen molar-refractivity contribution in [2.75, 3.05) is 46.0 Å². The molecule has 2 rings (SSSR count).